The first-order valence-corrected chi connectivity index (χ1v) is 6.49. The molecular formula is C11H12O2S3. The fourth-order valence-electron chi connectivity index (χ4n) is 1.30. The molecule has 2 nitrogen and oxygen atoms in total. The first-order valence-electron chi connectivity index (χ1n) is 4.76. The molecule has 0 radical (unpaired) electrons. The quantitative estimate of drug-likeness (QED) is 0.638. The zero-order valence-electron chi connectivity index (χ0n) is 8.50. The van der Waals surface area contributed by atoms with Crippen molar-refractivity contribution < 1.29 is 9.90 Å². The number of benzene rings is 1. The number of thiocarbonyl (C=S) groups is 1. The van der Waals surface area contributed by atoms with Gasteiger partial charge in [0.05, 0.1) is 0 Å². The molecule has 5 heteroatoms. The van der Waals surface area contributed by atoms with E-state index in [-0.39, 0.29) is 0 Å². The molecule has 0 aliphatic carbocycles. The molecule has 0 aliphatic heterocycles. The molecule has 1 aromatic carbocycles. The van der Waals surface area contributed by atoms with Gasteiger partial charge in [-0.15, -0.1) is 12.6 Å². The Morgan fingerprint density at radius 2 is 2.06 bits per heavy atom. The minimum atomic E-state index is -0.836. The highest BCUT2D eigenvalue weighted by atomic mass is 32.2. The van der Waals surface area contributed by atoms with Gasteiger partial charge in [0.1, 0.15) is 8.78 Å². The summed E-state index contributed by atoms with van der Waals surface area (Å²) in [6, 6.07) is 9.81. The molecule has 0 bridgehead atoms. The summed E-state index contributed by atoms with van der Waals surface area (Å²) < 4.78 is 0.375. The van der Waals surface area contributed by atoms with Crippen molar-refractivity contribution >= 4 is 46.1 Å². The van der Waals surface area contributed by atoms with Crippen molar-refractivity contribution in [1.29, 1.82) is 0 Å². The number of rotatable bonds is 5. The molecule has 1 aromatic rings. The molecule has 1 unspecified atom stereocenters. The lowest BCUT2D eigenvalue weighted by atomic mass is 10.1. The topological polar surface area (TPSA) is 37.3 Å². The van der Waals surface area contributed by atoms with Crippen molar-refractivity contribution in [3.8, 4) is 0 Å². The van der Waals surface area contributed by atoms with Gasteiger partial charge in [0.2, 0.25) is 0 Å². The molecule has 0 saturated carbocycles. The smallest absolute Gasteiger partial charge is 0.317 e. The molecule has 0 fully saturated rings. The number of aryl methyl sites for hydroxylation is 1. The minimum absolute atomic E-state index is 0.375. The number of carboxylic acids is 1. The lowest BCUT2D eigenvalue weighted by molar-refractivity contribution is -0.136. The van der Waals surface area contributed by atoms with E-state index in [4.69, 9.17) is 17.3 Å². The Labute approximate surface area is 110 Å². The molecule has 1 atom stereocenters. The molecule has 16 heavy (non-hydrogen) atoms. The summed E-state index contributed by atoms with van der Waals surface area (Å²) in [6.07, 6.45) is 1.30. The van der Waals surface area contributed by atoms with Crippen LogP contribution in [0.3, 0.4) is 0 Å². The van der Waals surface area contributed by atoms with Crippen LogP contribution in [0.15, 0.2) is 30.3 Å². The van der Waals surface area contributed by atoms with Crippen molar-refractivity contribution in [1.82, 2.24) is 0 Å². The molecular weight excluding hydrogens is 260 g/mol. The highest BCUT2D eigenvalue weighted by molar-refractivity contribution is 8.42. The lowest BCUT2D eigenvalue weighted by Crippen LogP contribution is -2.18. The van der Waals surface area contributed by atoms with Crippen molar-refractivity contribution in [3.05, 3.63) is 35.9 Å². The van der Waals surface area contributed by atoms with Gasteiger partial charge in [0.25, 0.3) is 0 Å². The third-order valence-electron chi connectivity index (χ3n) is 2.06. The summed E-state index contributed by atoms with van der Waals surface area (Å²) in [4.78, 5) is 10.9. The number of hydrogen-bond donors (Lipinski definition) is 2. The number of aliphatic carboxylic acids is 1. The van der Waals surface area contributed by atoms with E-state index >= 15 is 0 Å². The Kier molecular flexibility index (Phi) is 5.87. The highest BCUT2D eigenvalue weighted by Gasteiger charge is 2.18. The maximum Gasteiger partial charge on any atom is 0.317 e. The third kappa shape index (κ3) is 5.01. The Bertz CT molecular complexity index is 365. The zero-order valence-corrected chi connectivity index (χ0v) is 11.0. The van der Waals surface area contributed by atoms with E-state index in [9.17, 15) is 4.79 Å². The van der Waals surface area contributed by atoms with E-state index in [1.54, 1.807) is 0 Å². The molecule has 86 valence electrons. The van der Waals surface area contributed by atoms with Gasteiger partial charge in [-0.2, -0.15) is 0 Å². The van der Waals surface area contributed by atoms with Gasteiger partial charge in [-0.1, -0.05) is 54.3 Å². The van der Waals surface area contributed by atoms with Crippen LogP contribution in [0.25, 0.3) is 0 Å². The fourth-order valence-corrected chi connectivity index (χ4v) is 2.61. The van der Waals surface area contributed by atoms with Gasteiger partial charge in [-0.25, -0.2) is 0 Å². The average Bonchev–Trinajstić information content (AvgIpc) is 2.25. The normalized spacial score (nSPS) is 12.1. The summed E-state index contributed by atoms with van der Waals surface area (Å²) >= 11 is 9.85. The molecule has 0 spiro atoms. The lowest BCUT2D eigenvalue weighted by Gasteiger charge is -2.10. The van der Waals surface area contributed by atoms with Gasteiger partial charge in [-0.3, -0.25) is 4.79 Å². The SMILES string of the molecule is O=C(O)C(CCc1ccccc1)SC(=S)S. The van der Waals surface area contributed by atoms with Crippen LogP contribution in [0.1, 0.15) is 12.0 Å². The van der Waals surface area contributed by atoms with E-state index in [1.807, 2.05) is 30.3 Å². The Balaban J connectivity index is 2.50. The Morgan fingerprint density at radius 3 is 2.56 bits per heavy atom. The summed E-state index contributed by atoms with van der Waals surface area (Å²) in [5, 5.41) is 8.48. The molecule has 0 saturated heterocycles. The largest absolute Gasteiger partial charge is 0.480 e. The van der Waals surface area contributed by atoms with E-state index in [0.717, 1.165) is 23.7 Å². The van der Waals surface area contributed by atoms with E-state index in [2.05, 4.69) is 12.6 Å². The Hall–Kier alpha value is -0.520. The van der Waals surface area contributed by atoms with Crippen molar-refractivity contribution in [2.75, 3.05) is 0 Å². The molecule has 0 aromatic heterocycles. The number of hydrogen-bond acceptors (Lipinski definition) is 3. The predicted molar refractivity (Wildman–Crippen MR) is 75.4 cm³/mol. The first-order chi connectivity index (χ1) is 7.59. The van der Waals surface area contributed by atoms with Crippen molar-refractivity contribution in [2.45, 2.75) is 18.1 Å². The monoisotopic (exact) mass is 272 g/mol. The third-order valence-corrected chi connectivity index (χ3v) is 3.58. The predicted octanol–water partition coefficient (Wildman–Crippen LogP) is 3.02. The van der Waals surface area contributed by atoms with E-state index in [0.29, 0.717) is 9.95 Å². The number of carboxylic acid groups (broad SMARTS) is 1. The Morgan fingerprint density at radius 1 is 1.44 bits per heavy atom. The van der Waals surface area contributed by atoms with E-state index < -0.39 is 11.2 Å². The number of thioether (sulfide) groups is 1. The second-order valence-electron chi connectivity index (χ2n) is 3.23. The van der Waals surface area contributed by atoms with Gasteiger partial charge >= 0.3 is 5.97 Å². The second-order valence-corrected chi connectivity index (χ2v) is 6.17. The van der Waals surface area contributed by atoms with Gasteiger partial charge in [0, 0.05) is 0 Å². The molecule has 0 amide bonds. The van der Waals surface area contributed by atoms with Gasteiger partial charge < -0.3 is 5.11 Å². The van der Waals surface area contributed by atoms with Crippen LogP contribution in [0.4, 0.5) is 0 Å². The highest BCUT2D eigenvalue weighted by Crippen LogP contribution is 2.21. The van der Waals surface area contributed by atoms with Crippen LogP contribution in [-0.4, -0.2) is 19.9 Å². The summed E-state index contributed by atoms with van der Waals surface area (Å²) in [5.74, 6) is -0.836. The minimum Gasteiger partial charge on any atom is -0.480 e. The molecule has 1 N–H and O–H groups in total. The van der Waals surface area contributed by atoms with Gasteiger partial charge in [-0.05, 0) is 18.4 Å². The first kappa shape index (κ1) is 13.5. The second kappa shape index (κ2) is 6.93. The van der Waals surface area contributed by atoms with Crippen molar-refractivity contribution in [2.24, 2.45) is 0 Å². The number of thiol groups is 1. The summed E-state index contributed by atoms with van der Waals surface area (Å²) in [7, 11) is 0. The summed E-state index contributed by atoms with van der Waals surface area (Å²) in [6.45, 7) is 0. The molecule has 0 heterocycles. The van der Waals surface area contributed by atoms with E-state index in [1.165, 1.54) is 0 Å². The summed E-state index contributed by atoms with van der Waals surface area (Å²) in [5.41, 5.74) is 1.14. The zero-order chi connectivity index (χ0) is 12.0. The molecule has 1 rings (SSSR count). The van der Waals surface area contributed by atoms with Crippen LogP contribution < -0.4 is 0 Å². The van der Waals surface area contributed by atoms with Crippen LogP contribution >= 0.6 is 36.6 Å². The maximum atomic E-state index is 10.9. The van der Waals surface area contributed by atoms with Crippen LogP contribution in [0.5, 0.6) is 0 Å². The maximum absolute atomic E-state index is 10.9. The van der Waals surface area contributed by atoms with Crippen LogP contribution in [-0.2, 0) is 11.2 Å². The van der Waals surface area contributed by atoms with Gasteiger partial charge in [0.15, 0.2) is 0 Å². The van der Waals surface area contributed by atoms with Crippen molar-refractivity contribution in [3.63, 3.8) is 0 Å². The average molecular weight is 272 g/mol. The van der Waals surface area contributed by atoms with Crippen LogP contribution in [0.2, 0.25) is 0 Å². The number of carbonyl (C=O) groups is 1. The molecule has 0 aliphatic rings. The fraction of sp³-hybridized carbons (Fsp3) is 0.273. The standard InChI is InChI=1S/C11H12O2S3/c12-10(13)9(16-11(14)15)7-6-8-4-2-1-3-5-8/h1-5,9H,6-7H2,(H,12,13)(H,14,15). The van der Waals surface area contributed by atoms with Crippen LogP contribution in [0, 0.1) is 0 Å².